The minimum atomic E-state index is 0.0228. The van der Waals surface area contributed by atoms with Crippen molar-refractivity contribution >= 4 is 0 Å². The third-order valence-corrected chi connectivity index (χ3v) is 5.62. The molecule has 0 saturated carbocycles. The maximum Gasteiger partial charge on any atom is 0.108 e. The van der Waals surface area contributed by atoms with Crippen LogP contribution >= 0.6 is 0 Å². The Hall–Kier alpha value is -1.64. The van der Waals surface area contributed by atoms with E-state index in [2.05, 4.69) is 94.3 Å². The second-order valence-electron chi connectivity index (χ2n) is 8.97. The Morgan fingerprint density at radius 3 is 2.04 bits per heavy atom. The van der Waals surface area contributed by atoms with Crippen LogP contribution in [0, 0.1) is 6.92 Å². The van der Waals surface area contributed by atoms with Gasteiger partial charge in [0.05, 0.1) is 0 Å². The van der Waals surface area contributed by atoms with Crippen molar-refractivity contribution in [2.75, 3.05) is 0 Å². The molecule has 0 spiro atoms. The Morgan fingerprint density at radius 2 is 1.46 bits per heavy atom. The summed E-state index contributed by atoms with van der Waals surface area (Å²) in [5, 5.41) is 2.29. The molecule has 1 heterocycles. The van der Waals surface area contributed by atoms with Crippen LogP contribution in [0.25, 0.3) is 0 Å². The van der Waals surface area contributed by atoms with Gasteiger partial charge in [-0.3, -0.25) is 4.84 Å². The molecule has 0 amide bonds. The van der Waals surface area contributed by atoms with Crippen molar-refractivity contribution in [3.05, 3.63) is 71.3 Å². The quantitative estimate of drug-likeness (QED) is 0.631. The zero-order valence-electron chi connectivity index (χ0n) is 17.0. The lowest BCUT2D eigenvalue weighted by molar-refractivity contribution is -0.307. The van der Waals surface area contributed by atoms with E-state index >= 15 is 0 Å². The molecule has 140 valence electrons. The maximum absolute atomic E-state index is 6.79. The predicted molar refractivity (Wildman–Crippen MR) is 109 cm³/mol. The first-order chi connectivity index (χ1) is 12.3. The fourth-order valence-electron chi connectivity index (χ4n) is 4.21. The molecule has 26 heavy (non-hydrogen) atoms. The van der Waals surface area contributed by atoms with E-state index in [4.69, 9.17) is 4.84 Å². The third-order valence-electron chi connectivity index (χ3n) is 5.62. The van der Waals surface area contributed by atoms with Gasteiger partial charge in [-0.2, -0.15) is 5.06 Å². The third kappa shape index (κ3) is 4.36. The standard InChI is InChI=1S/C24H33NO/c1-19-12-14-21(15-13-19)22(18-20-10-7-6-8-11-20)26-25-23(2,3)16-9-17-24(25,4)5/h6-8,10-15,22H,9,16-18H2,1-5H3. The molecule has 0 bridgehead atoms. The van der Waals surface area contributed by atoms with E-state index in [0.717, 1.165) is 6.42 Å². The first-order valence-electron chi connectivity index (χ1n) is 9.86. The molecule has 1 atom stereocenters. The molecule has 3 rings (SSSR count). The molecule has 0 aromatic heterocycles. The molecule has 0 N–H and O–H groups in total. The lowest BCUT2D eigenvalue weighted by Gasteiger charge is -2.52. The summed E-state index contributed by atoms with van der Waals surface area (Å²) in [6.45, 7) is 11.4. The van der Waals surface area contributed by atoms with Crippen LogP contribution in [0.15, 0.2) is 54.6 Å². The fourth-order valence-corrected chi connectivity index (χ4v) is 4.21. The summed E-state index contributed by atoms with van der Waals surface area (Å²) in [5.74, 6) is 0. The summed E-state index contributed by atoms with van der Waals surface area (Å²) in [7, 11) is 0. The molecule has 2 nitrogen and oxygen atoms in total. The first kappa shape index (κ1) is 19.1. The van der Waals surface area contributed by atoms with Crippen molar-refractivity contribution < 1.29 is 4.84 Å². The summed E-state index contributed by atoms with van der Waals surface area (Å²) in [5.41, 5.74) is 3.93. The number of nitrogens with zero attached hydrogens (tertiary/aromatic N) is 1. The fraction of sp³-hybridized carbons (Fsp3) is 0.500. The number of hydrogen-bond acceptors (Lipinski definition) is 2. The Morgan fingerprint density at radius 1 is 0.885 bits per heavy atom. The highest BCUT2D eigenvalue weighted by molar-refractivity contribution is 5.26. The average molecular weight is 352 g/mol. The van der Waals surface area contributed by atoms with Crippen LogP contribution in [0.5, 0.6) is 0 Å². The summed E-state index contributed by atoms with van der Waals surface area (Å²) in [4.78, 5) is 6.79. The van der Waals surface area contributed by atoms with Crippen LogP contribution in [0.3, 0.4) is 0 Å². The van der Waals surface area contributed by atoms with E-state index in [1.807, 2.05) is 0 Å². The second-order valence-corrected chi connectivity index (χ2v) is 8.97. The topological polar surface area (TPSA) is 12.5 Å². The van der Waals surface area contributed by atoms with Gasteiger partial charge < -0.3 is 0 Å². The normalized spacial score (nSPS) is 20.7. The van der Waals surface area contributed by atoms with Crippen molar-refractivity contribution in [1.29, 1.82) is 0 Å². The number of hydroxylamine groups is 2. The van der Waals surface area contributed by atoms with Gasteiger partial charge in [-0.15, -0.1) is 0 Å². The number of hydrogen-bond donors (Lipinski definition) is 0. The largest absolute Gasteiger partial charge is 0.290 e. The van der Waals surface area contributed by atoms with E-state index in [-0.39, 0.29) is 17.2 Å². The number of benzene rings is 2. The molecule has 1 aliphatic heterocycles. The van der Waals surface area contributed by atoms with Crippen LogP contribution in [-0.4, -0.2) is 16.1 Å². The van der Waals surface area contributed by atoms with Crippen LogP contribution in [0.1, 0.15) is 69.8 Å². The molecule has 2 aromatic rings. The molecule has 1 fully saturated rings. The maximum atomic E-state index is 6.79. The van der Waals surface area contributed by atoms with Crippen LogP contribution < -0.4 is 0 Å². The highest BCUT2D eigenvalue weighted by Gasteiger charge is 2.43. The van der Waals surface area contributed by atoms with Gasteiger partial charge in [0.15, 0.2) is 0 Å². The molecule has 2 aromatic carbocycles. The molecule has 0 radical (unpaired) electrons. The Kier molecular flexibility index (Phi) is 5.55. The van der Waals surface area contributed by atoms with Gasteiger partial charge in [-0.05, 0) is 65.0 Å². The lowest BCUT2D eigenvalue weighted by Crippen LogP contribution is -2.58. The minimum absolute atomic E-state index is 0.0228. The zero-order valence-corrected chi connectivity index (χ0v) is 17.0. The highest BCUT2D eigenvalue weighted by Crippen LogP contribution is 2.41. The van der Waals surface area contributed by atoms with E-state index in [1.54, 1.807) is 0 Å². The van der Waals surface area contributed by atoms with Crippen LogP contribution in [0.2, 0.25) is 0 Å². The van der Waals surface area contributed by atoms with E-state index in [9.17, 15) is 0 Å². The van der Waals surface area contributed by atoms with Gasteiger partial charge in [0, 0.05) is 17.5 Å². The Balaban J connectivity index is 1.90. The molecule has 2 heteroatoms. The minimum Gasteiger partial charge on any atom is -0.290 e. The predicted octanol–water partition coefficient (Wildman–Crippen LogP) is 6.25. The van der Waals surface area contributed by atoms with Gasteiger partial charge in [-0.25, -0.2) is 0 Å². The lowest BCUT2D eigenvalue weighted by atomic mass is 9.82. The van der Waals surface area contributed by atoms with Gasteiger partial charge in [0.2, 0.25) is 0 Å². The molecule has 0 aliphatic carbocycles. The van der Waals surface area contributed by atoms with Gasteiger partial charge >= 0.3 is 0 Å². The van der Waals surface area contributed by atoms with Crippen molar-refractivity contribution in [1.82, 2.24) is 5.06 Å². The molecular formula is C24H33NO. The van der Waals surface area contributed by atoms with E-state index < -0.39 is 0 Å². The summed E-state index contributed by atoms with van der Waals surface area (Å²) in [6, 6.07) is 19.5. The van der Waals surface area contributed by atoms with Crippen molar-refractivity contribution in [2.45, 2.75) is 77.5 Å². The van der Waals surface area contributed by atoms with Crippen molar-refractivity contribution in [3.8, 4) is 0 Å². The monoisotopic (exact) mass is 351 g/mol. The molecular weight excluding hydrogens is 318 g/mol. The van der Waals surface area contributed by atoms with Crippen molar-refractivity contribution in [2.24, 2.45) is 0 Å². The SMILES string of the molecule is Cc1ccc(C(Cc2ccccc2)ON2C(C)(C)CCCC2(C)C)cc1. The van der Waals surface area contributed by atoms with Gasteiger partial charge in [0.1, 0.15) is 6.10 Å². The van der Waals surface area contributed by atoms with Gasteiger partial charge in [0.25, 0.3) is 0 Å². The van der Waals surface area contributed by atoms with E-state index in [0.29, 0.717) is 0 Å². The van der Waals surface area contributed by atoms with Crippen LogP contribution in [-0.2, 0) is 11.3 Å². The average Bonchev–Trinajstić information content (AvgIpc) is 2.58. The Labute approximate surface area is 159 Å². The Bertz CT molecular complexity index is 687. The van der Waals surface area contributed by atoms with Crippen LogP contribution in [0.4, 0.5) is 0 Å². The second kappa shape index (κ2) is 7.54. The number of piperidine rings is 1. The summed E-state index contributed by atoms with van der Waals surface area (Å²) in [6.07, 6.45) is 4.50. The number of rotatable bonds is 5. The number of aryl methyl sites for hydroxylation is 1. The zero-order chi connectivity index (χ0) is 18.8. The molecule has 1 unspecified atom stereocenters. The highest BCUT2D eigenvalue weighted by atomic mass is 16.7. The first-order valence-corrected chi connectivity index (χ1v) is 9.86. The molecule has 1 saturated heterocycles. The van der Waals surface area contributed by atoms with Gasteiger partial charge in [-0.1, -0.05) is 60.2 Å². The van der Waals surface area contributed by atoms with E-state index in [1.165, 1.54) is 36.0 Å². The van der Waals surface area contributed by atoms with Crippen molar-refractivity contribution in [3.63, 3.8) is 0 Å². The summed E-state index contributed by atoms with van der Waals surface area (Å²) >= 11 is 0. The summed E-state index contributed by atoms with van der Waals surface area (Å²) < 4.78 is 0. The smallest absolute Gasteiger partial charge is 0.108 e. The molecule has 1 aliphatic rings.